The van der Waals surface area contributed by atoms with Gasteiger partial charge in [-0.25, -0.2) is 9.97 Å². The van der Waals surface area contributed by atoms with Crippen LogP contribution in [0.3, 0.4) is 0 Å². The van der Waals surface area contributed by atoms with Gasteiger partial charge in [-0.1, -0.05) is 0 Å². The molecule has 19 heavy (non-hydrogen) atoms. The first kappa shape index (κ1) is 12.8. The molecule has 2 N–H and O–H groups in total. The van der Waals surface area contributed by atoms with E-state index in [1.54, 1.807) is 11.3 Å². The van der Waals surface area contributed by atoms with Crippen molar-refractivity contribution in [2.24, 2.45) is 11.7 Å². The summed E-state index contributed by atoms with van der Waals surface area (Å²) in [7, 11) is 0. The van der Waals surface area contributed by atoms with Gasteiger partial charge in [0.05, 0.1) is 42.4 Å². The van der Waals surface area contributed by atoms with Crippen molar-refractivity contribution >= 4 is 11.3 Å². The average Bonchev–Trinajstić information content (AvgIpc) is 3.12. The van der Waals surface area contributed by atoms with Crippen LogP contribution >= 0.6 is 11.3 Å². The number of nitrogens with two attached hydrogens (primary N) is 1. The molecule has 3 rings (SSSR count). The van der Waals surface area contributed by atoms with Crippen LogP contribution in [0.1, 0.15) is 28.7 Å². The fraction of sp³-hybridized carbons (Fsp3) is 0.538. The van der Waals surface area contributed by atoms with E-state index in [0.717, 1.165) is 37.6 Å². The number of thiazole rings is 1. The first-order chi connectivity index (χ1) is 9.25. The van der Waals surface area contributed by atoms with E-state index in [1.165, 1.54) is 4.88 Å². The third kappa shape index (κ3) is 2.56. The quantitative estimate of drug-likeness (QED) is 0.925. The molecule has 6 heteroatoms. The molecule has 0 saturated carbocycles. The molecular weight excluding hydrogens is 260 g/mol. The predicted octanol–water partition coefficient (Wildman–Crippen LogP) is 1.73. The summed E-state index contributed by atoms with van der Waals surface area (Å²) in [5.41, 5.74) is 10.4. The molecule has 102 valence electrons. The van der Waals surface area contributed by atoms with E-state index >= 15 is 0 Å². The van der Waals surface area contributed by atoms with E-state index in [0.29, 0.717) is 5.92 Å². The van der Waals surface area contributed by atoms with Crippen LogP contribution in [-0.4, -0.2) is 27.7 Å². The number of rotatable bonds is 4. The van der Waals surface area contributed by atoms with Gasteiger partial charge < -0.3 is 15.0 Å². The third-order valence-electron chi connectivity index (χ3n) is 3.72. The van der Waals surface area contributed by atoms with Crippen LogP contribution in [0.2, 0.25) is 0 Å². The zero-order valence-corrected chi connectivity index (χ0v) is 11.8. The van der Waals surface area contributed by atoms with Crippen molar-refractivity contribution in [3.8, 4) is 0 Å². The Kier molecular flexibility index (Phi) is 3.63. The molecule has 2 aromatic heterocycles. The van der Waals surface area contributed by atoms with Crippen molar-refractivity contribution in [3.05, 3.63) is 34.3 Å². The first-order valence-corrected chi connectivity index (χ1v) is 7.36. The predicted molar refractivity (Wildman–Crippen MR) is 74.0 cm³/mol. The highest BCUT2D eigenvalue weighted by atomic mass is 32.1. The molecule has 0 amide bonds. The number of aromatic nitrogens is 3. The summed E-state index contributed by atoms with van der Waals surface area (Å²) >= 11 is 1.68. The van der Waals surface area contributed by atoms with Gasteiger partial charge in [0.1, 0.15) is 0 Å². The van der Waals surface area contributed by atoms with Crippen LogP contribution in [0.15, 0.2) is 18.0 Å². The molecule has 3 heterocycles. The molecule has 2 atom stereocenters. The van der Waals surface area contributed by atoms with E-state index in [4.69, 9.17) is 10.5 Å². The van der Waals surface area contributed by atoms with Gasteiger partial charge in [0.15, 0.2) is 0 Å². The van der Waals surface area contributed by atoms with Gasteiger partial charge in [0.25, 0.3) is 0 Å². The fourth-order valence-corrected chi connectivity index (χ4v) is 3.23. The number of hydrogen-bond donors (Lipinski definition) is 1. The summed E-state index contributed by atoms with van der Waals surface area (Å²) < 4.78 is 7.55. The molecule has 1 fully saturated rings. The summed E-state index contributed by atoms with van der Waals surface area (Å²) in [5.74, 6) is 0.401. The molecule has 0 bridgehead atoms. The van der Waals surface area contributed by atoms with E-state index in [9.17, 15) is 0 Å². The molecule has 0 aliphatic carbocycles. The van der Waals surface area contributed by atoms with Crippen LogP contribution in [-0.2, 0) is 11.3 Å². The standard InChI is InChI=1S/C13H18N4OS/c1-9-12(19-8-16-9)5-17-7-15-4-11(17)13(14)10-2-3-18-6-10/h4,7-8,10,13H,2-3,5-6,14H2,1H3. The maximum Gasteiger partial charge on any atom is 0.0952 e. The maximum absolute atomic E-state index is 6.36. The molecule has 0 spiro atoms. The molecule has 1 aliphatic rings. The number of aryl methyl sites for hydroxylation is 1. The number of imidazole rings is 1. The Hall–Kier alpha value is -1.24. The molecule has 1 saturated heterocycles. The van der Waals surface area contributed by atoms with Gasteiger partial charge in [0, 0.05) is 23.6 Å². The Morgan fingerprint density at radius 1 is 1.63 bits per heavy atom. The minimum Gasteiger partial charge on any atom is -0.381 e. The highest BCUT2D eigenvalue weighted by molar-refractivity contribution is 7.09. The second-order valence-electron chi connectivity index (χ2n) is 4.96. The van der Waals surface area contributed by atoms with Crippen molar-refractivity contribution in [2.45, 2.75) is 25.9 Å². The SMILES string of the molecule is Cc1ncsc1Cn1cncc1C(N)C1CCOC1. The zero-order valence-electron chi connectivity index (χ0n) is 11.0. The largest absolute Gasteiger partial charge is 0.381 e. The van der Waals surface area contributed by atoms with Gasteiger partial charge >= 0.3 is 0 Å². The van der Waals surface area contributed by atoms with Gasteiger partial charge in [-0.3, -0.25) is 0 Å². The van der Waals surface area contributed by atoms with Gasteiger partial charge in [-0.2, -0.15) is 0 Å². The second kappa shape index (κ2) is 5.40. The molecule has 0 radical (unpaired) electrons. The van der Waals surface area contributed by atoms with Gasteiger partial charge in [-0.15, -0.1) is 11.3 Å². The van der Waals surface area contributed by atoms with Crippen molar-refractivity contribution in [2.75, 3.05) is 13.2 Å². The van der Waals surface area contributed by atoms with E-state index < -0.39 is 0 Å². The summed E-state index contributed by atoms with van der Waals surface area (Å²) in [4.78, 5) is 9.79. The highest BCUT2D eigenvalue weighted by Gasteiger charge is 2.26. The lowest BCUT2D eigenvalue weighted by Crippen LogP contribution is -2.24. The molecule has 0 aromatic carbocycles. The Balaban J connectivity index is 1.80. The Morgan fingerprint density at radius 2 is 2.53 bits per heavy atom. The Labute approximate surface area is 116 Å². The maximum atomic E-state index is 6.36. The summed E-state index contributed by atoms with van der Waals surface area (Å²) in [6.45, 7) is 4.41. The number of hydrogen-bond acceptors (Lipinski definition) is 5. The van der Waals surface area contributed by atoms with Gasteiger partial charge in [-0.05, 0) is 13.3 Å². The van der Waals surface area contributed by atoms with Crippen LogP contribution < -0.4 is 5.73 Å². The zero-order chi connectivity index (χ0) is 13.2. The van der Waals surface area contributed by atoms with Crippen molar-refractivity contribution in [1.29, 1.82) is 0 Å². The average molecular weight is 278 g/mol. The van der Waals surface area contributed by atoms with Crippen LogP contribution in [0, 0.1) is 12.8 Å². The monoisotopic (exact) mass is 278 g/mol. The third-order valence-corrected chi connectivity index (χ3v) is 4.64. The molecular formula is C13H18N4OS. The van der Waals surface area contributed by atoms with Crippen LogP contribution in [0.4, 0.5) is 0 Å². The molecule has 1 aliphatic heterocycles. The van der Waals surface area contributed by atoms with E-state index in [1.807, 2.05) is 25.0 Å². The number of ether oxygens (including phenoxy) is 1. The van der Waals surface area contributed by atoms with Crippen LogP contribution in [0.5, 0.6) is 0 Å². The lowest BCUT2D eigenvalue weighted by Gasteiger charge is -2.19. The van der Waals surface area contributed by atoms with Crippen molar-refractivity contribution < 1.29 is 4.74 Å². The first-order valence-electron chi connectivity index (χ1n) is 6.48. The fourth-order valence-electron chi connectivity index (χ4n) is 2.45. The highest BCUT2D eigenvalue weighted by Crippen LogP contribution is 2.27. The Bertz CT molecular complexity index is 544. The molecule has 5 nitrogen and oxygen atoms in total. The minimum atomic E-state index is -0.00164. The van der Waals surface area contributed by atoms with E-state index in [2.05, 4.69) is 14.5 Å². The number of nitrogens with zero attached hydrogens (tertiary/aromatic N) is 3. The van der Waals surface area contributed by atoms with Crippen molar-refractivity contribution in [1.82, 2.24) is 14.5 Å². The van der Waals surface area contributed by atoms with Gasteiger partial charge in [0.2, 0.25) is 0 Å². The second-order valence-corrected chi connectivity index (χ2v) is 5.90. The lowest BCUT2D eigenvalue weighted by atomic mass is 9.97. The normalized spacial score (nSPS) is 20.8. The van der Waals surface area contributed by atoms with Crippen LogP contribution in [0.25, 0.3) is 0 Å². The smallest absolute Gasteiger partial charge is 0.0952 e. The lowest BCUT2D eigenvalue weighted by molar-refractivity contribution is 0.180. The minimum absolute atomic E-state index is 0.00164. The van der Waals surface area contributed by atoms with Crippen molar-refractivity contribution in [3.63, 3.8) is 0 Å². The molecule has 2 unspecified atom stereocenters. The summed E-state index contributed by atoms with van der Waals surface area (Å²) in [6.07, 6.45) is 4.76. The molecule has 2 aromatic rings. The Morgan fingerprint density at radius 3 is 3.21 bits per heavy atom. The van der Waals surface area contributed by atoms with E-state index in [-0.39, 0.29) is 6.04 Å². The summed E-state index contributed by atoms with van der Waals surface area (Å²) in [6, 6.07) is -0.00164. The topological polar surface area (TPSA) is 66.0 Å². The summed E-state index contributed by atoms with van der Waals surface area (Å²) in [5, 5.41) is 0.